The van der Waals surface area contributed by atoms with Crippen LogP contribution in [-0.2, 0) is 4.79 Å². The van der Waals surface area contributed by atoms with Gasteiger partial charge in [-0.15, -0.1) is 0 Å². The maximum atomic E-state index is 12.6. The van der Waals surface area contributed by atoms with E-state index in [1.54, 1.807) is 12.1 Å². The van der Waals surface area contributed by atoms with Crippen molar-refractivity contribution in [2.75, 3.05) is 0 Å². The number of fused-ring (bicyclic) bond motifs is 2. The zero-order valence-electron chi connectivity index (χ0n) is 15.2. The Labute approximate surface area is 177 Å². The van der Waals surface area contributed by atoms with E-state index in [1.165, 1.54) is 11.8 Å². The van der Waals surface area contributed by atoms with Crippen LogP contribution in [0.1, 0.15) is 5.56 Å². The molecule has 140 valence electrons. The van der Waals surface area contributed by atoms with E-state index in [1.807, 2.05) is 42.5 Å². The second-order valence-corrected chi connectivity index (χ2v) is 8.16. The van der Waals surface area contributed by atoms with Crippen LogP contribution in [0.4, 0.5) is 5.69 Å². The minimum Gasteiger partial charge on any atom is -0.300 e. The summed E-state index contributed by atoms with van der Waals surface area (Å²) in [6.45, 7) is 0. The van der Waals surface area contributed by atoms with Crippen LogP contribution in [0.15, 0.2) is 88.8 Å². The fourth-order valence-corrected chi connectivity index (χ4v) is 4.40. The topological polar surface area (TPSA) is 41.5 Å². The van der Waals surface area contributed by atoms with Crippen LogP contribution >= 0.6 is 23.4 Å². The number of carbonyl (C=O) groups excluding carboxylic acids is 1. The van der Waals surface area contributed by atoms with Crippen molar-refractivity contribution in [1.29, 1.82) is 0 Å². The molecule has 4 aromatic carbocycles. The van der Waals surface area contributed by atoms with E-state index >= 15 is 0 Å². The summed E-state index contributed by atoms with van der Waals surface area (Å²) in [6, 6.07) is 25.9. The van der Waals surface area contributed by atoms with Crippen molar-refractivity contribution in [2.24, 2.45) is 4.99 Å². The highest BCUT2D eigenvalue weighted by molar-refractivity contribution is 8.18. The summed E-state index contributed by atoms with van der Waals surface area (Å²) in [5.41, 5.74) is 1.79. The molecule has 1 heterocycles. The molecule has 0 spiro atoms. The minimum atomic E-state index is -0.139. The number of carbonyl (C=O) groups is 1. The van der Waals surface area contributed by atoms with Gasteiger partial charge in [0.1, 0.15) is 0 Å². The molecule has 5 rings (SSSR count). The van der Waals surface area contributed by atoms with Gasteiger partial charge in [0.05, 0.1) is 10.6 Å². The fraction of sp³-hybridized carbons (Fsp3) is 0. The number of halogens is 1. The van der Waals surface area contributed by atoms with E-state index in [0.717, 1.165) is 32.8 Å². The van der Waals surface area contributed by atoms with Crippen LogP contribution < -0.4 is 5.32 Å². The molecule has 29 heavy (non-hydrogen) atoms. The number of rotatable bonds is 2. The van der Waals surface area contributed by atoms with Crippen LogP contribution in [-0.4, -0.2) is 11.1 Å². The molecule has 1 aliphatic rings. The Morgan fingerprint density at radius 1 is 0.862 bits per heavy atom. The first-order valence-electron chi connectivity index (χ1n) is 9.13. The number of thioether (sulfide) groups is 1. The third-order valence-electron chi connectivity index (χ3n) is 4.80. The van der Waals surface area contributed by atoms with Gasteiger partial charge in [-0.3, -0.25) is 4.79 Å². The van der Waals surface area contributed by atoms with Gasteiger partial charge in [-0.2, -0.15) is 0 Å². The van der Waals surface area contributed by atoms with Crippen LogP contribution in [0.3, 0.4) is 0 Å². The van der Waals surface area contributed by atoms with E-state index in [-0.39, 0.29) is 5.91 Å². The van der Waals surface area contributed by atoms with Gasteiger partial charge in [0.25, 0.3) is 5.91 Å². The van der Waals surface area contributed by atoms with E-state index in [4.69, 9.17) is 11.6 Å². The zero-order chi connectivity index (χ0) is 19.8. The average molecular weight is 415 g/mol. The second-order valence-electron chi connectivity index (χ2n) is 6.69. The SMILES string of the molecule is O=C1NC(=Nc2ccc(Cl)cc2)SC1=Cc1c2ccccc2cc2ccccc12. The van der Waals surface area contributed by atoms with Gasteiger partial charge in [-0.25, -0.2) is 4.99 Å². The number of aliphatic imine (C=N–C) groups is 1. The maximum Gasteiger partial charge on any atom is 0.264 e. The molecule has 1 aliphatic heterocycles. The zero-order valence-corrected chi connectivity index (χ0v) is 16.8. The number of amides is 1. The molecule has 1 amide bonds. The lowest BCUT2D eigenvalue weighted by atomic mass is 9.96. The number of benzene rings is 4. The van der Waals surface area contributed by atoms with E-state index in [2.05, 4.69) is 40.6 Å². The summed E-state index contributed by atoms with van der Waals surface area (Å²) < 4.78 is 0. The first-order valence-corrected chi connectivity index (χ1v) is 10.3. The molecule has 0 saturated carbocycles. The summed E-state index contributed by atoms with van der Waals surface area (Å²) in [5.74, 6) is -0.139. The van der Waals surface area contributed by atoms with Gasteiger partial charge in [-0.05, 0) is 75.3 Å². The minimum absolute atomic E-state index is 0.139. The summed E-state index contributed by atoms with van der Waals surface area (Å²) in [6.07, 6.45) is 1.97. The number of hydrogen-bond donors (Lipinski definition) is 1. The molecule has 0 radical (unpaired) electrons. The lowest BCUT2D eigenvalue weighted by Gasteiger charge is -2.08. The third-order valence-corrected chi connectivity index (χ3v) is 5.96. The Hall–Kier alpha value is -3.08. The maximum absolute atomic E-state index is 12.6. The van der Waals surface area contributed by atoms with Crippen molar-refractivity contribution >= 4 is 67.7 Å². The molecule has 1 fully saturated rings. The summed E-state index contributed by atoms with van der Waals surface area (Å²) in [4.78, 5) is 17.7. The molecule has 0 aromatic heterocycles. The Morgan fingerprint density at radius 3 is 2.14 bits per heavy atom. The summed E-state index contributed by atoms with van der Waals surface area (Å²) in [7, 11) is 0. The van der Waals surface area contributed by atoms with Gasteiger partial charge in [0.2, 0.25) is 0 Å². The van der Waals surface area contributed by atoms with Gasteiger partial charge >= 0.3 is 0 Å². The molecule has 3 nitrogen and oxygen atoms in total. The number of amidine groups is 1. The molecule has 0 aliphatic carbocycles. The van der Waals surface area contributed by atoms with Crippen molar-refractivity contribution in [2.45, 2.75) is 0 Å². The van der Waals surface area contributed by atoms with Crippen molar-refractivity contribution in [3.63, 3.8) is 0 Å². The molecule has 1 saturated heterocycles. The van der Waals surface area contributed by atoms with Crippen molar-refractivity contribution in [3.05, 3.63) is 94.4 Å². The Balaban J connectivity index is 1.60. The van der Waals surface area contributed by atoms with E-state index < -0.39 is 0 Å². The monoisotopic (exact) mass is 414 g/mol. The highest BCUT2D eigenvalue weighted by atomic mass is 35.5. The molecule has 1 N–H and O–H groups in total. The number of nitrogens with zero attached hydrogens (tertiary/aromatic N) is 1. The van der Waals surface area contributed by atoms with Crippen LogP contribution in [0.5, 0.6) is 0 Å². The Morgan fingerprint density at radius 2 is 1.48 bits per heavy atom. The second kappa shape index (κ2) is 7.39. The molecular formula is C24H15ClN2OS. The van der Waals surface area contributed by atoms with Gasteiger partial charge in [0, 0.05) is 5.02 Å². The predicted molar refractivity (Wildman–Crippen MR) is 124 cm³/mol. The normalized spacial score (nSPS) is 16.8. The molecule has 4 aromatic rings. The van der Waals surface area contributed by atoms with E-state index in [9.17, 15) is 4.79 Å². The highest BCUT2D eigenvalue weighted by Crippen LogP contribution is 2.34. The first-order chi connectivity index (χ1) is 14.2. The molecule has 0 bridgehead atoms. The highest BCUT2D eigenvalue weighted by Gasteiger charge is 2.24. The van der Waals surface area contributed by atoms with Crippen LogP contribution in [0.2, 0.25) is 5.02 Å². The molecule has 5 heteroatoms. The number of hydrogen-bond acceptors (Lipinski definition) is 3. The summed E-state index contributed by atoms with van der Waals surface area (Å²) in [5, 5.41) is 8.61. The summed E-state index contributed by atoms with van der Waals surface area (Å²) >= 11 is 7.28. The van der Waals surface area contributed by atoms with Crippen molar-refractivity contribution in [3.8, 4) is 0 Å². The molecule has 0 unspecified atom stereocenters. The van der Waals surface area contributed by atoms with Crippen LogP contribution in [0, 0.1) is 0 Å². The third kappa shape index (κ3) is 3.53. The quantitative estimate of drug-likeness (QED) is 0.299. The number of nitrogens with one attached hydrogen (secondary N) is 1. The Bertz CT molecular complexity index is 1270. The largest absolute Gasteiger partial charge is 0.300 e. The predicted octanol–water partition coefficient (Wildman–Crippen LogP) is 6.54. The van der Waals surface area contributed by atoms with Gasteiger partial charge in [0.15, 0.2) is 5.17 Å². The fourth-order valence-electron chi connectivity index (χ4n) is 3.45. The van der Waals surface area contributed by atoms with E-state index in [0.29, 0.717) is 15.1 Å². The van der Waals surface area contributed by atoms with Crippen LogP contribution in [0.25, 0.3) is 27.6 Å². The smallest absolute Gasteiger partial charge is 0.264 e. The van der Waals surface area contributed by atoms with Gasteiger partial charge < -0.3 is 5.32 Å². The van der Waals surface area contributed by atoms with Crippen molar-refractivity contribution in [1.82, 2.24) is 5.32 Å². The lowest BCUT2D eigenvalue weighted by molar-refractivity contribution is -0.115. The first kappa shape index (κ1) is 18.0. The van der Waals surface area contributed by atoms with Crippen molar-refractivity contribution < 1.29 is 4.79 Å². The molecule has 0 atom stereocenters. The Kier molecular flexibility index (Phi) is 4.58. The molecular weight excluding hydrogens is 400 g/mol. The average Bonchev–Trinajstić information content (AvgIpc) is 3.08. The van der Waals surface area contributed by atoms with Gasteiger partial charge in [-0.1, -0.05) is 60.1 Å². The lowest BCUT2D eigenvalue weighted by Crippen LogP contribution is -2.19. The standard InChI is InChI=1S/C24H15ClN2OS/c25-17-9-11-18(12-10-17)26-24-27-23(28)22(29-24)14-21-19-7-3-1-5-15(19)13-16-6-2-4-8-20(16)21/h1-14H,(H,26,27,28).